The van der Waals surface area contributed by atoms with Crippen LogP contribution in [0.2, 0.25) is 0 Å². The Bertz CT molecular complexity index is 1080. The van der Waals surface area contributed by atoms with Gasteiger partial charge in [0.1, 0.15) is 11.6 Å². The summed E-state index contributed by atoms with van der Waals surface area (Å²) < 4.78 is 26.5. The number of aromatic nitrogens is 1. The summed E-state index contributed by atoms with van der Waals surface area (Å²) in [4.78, 5) is 25.3. The molecule has 2 aliphatic rings. The number of benzene rings is 1. The zero-order valence-corrected chi connectivity index (χ0v) is 18.5. The van der Waals surface area contributed by atoms with Crippen LogP contribution in [0.5, 0.6) is 0 Å². The minimum atomic E-state index is -1.06. The molecule has 0 saturated carbocycles. The standard InChI is InChI=1S/C24H24FNO4S/c1-24(2)29-20-10-9-19(27)18(22(20)23(28)30-24)12-13-26-17(8-11-21(26)31-3)14-15-4-6-16(25)7-5-15/h4-11,18H,12-14H2,1-3H3. The van der Waals surface area contributed by atoms with Crippen molar-refractivity contribution >= 4 is 23.5 Å². The fraction of sp³-hybridized carbons (Fsp3) is 0.333. The van der Waals surface area contributed by atoms with Gasteiger partial charge < -0.3 is 14.0 Å². The second-order valence-corrected chi connectivity index (χ2v) is 8.89. The minimum Gasteiger partial charge on any atom is -0.452 e. The molecule has 1 aliphatic carbocycles. The van der Waals surface area contributed by atoms with Gasteiger partial charge in [0.05, 0.1) is 16.5 Å². The molecule has 162 valence electrons. The molecule has 5 nitrogen and oxygen atoms in total. The second kappa shape index (κ2) is 8.38. The number of cyclic esters (lactones) is 1. The molecule has 0 N–H and O–H groups in total. The van der Waals surface area contributed by atoms with E-state index >= 15 is 0 Å². The van der Waals surface area contributed by atoms with Crippen LogP contribution in [-0.4, -0.2) is 28.4 Å². The molecule has 1 aromatic carbocycles. The Balaban J connectivity index is 1.57. The fourth-order valence-electron chi connectivity index (χ4n) is 4.00. The van der Waals surface area contributed by atoms with Gasteiger partial charge in [-0.25, -0.2) is 9.18 Å². The number of halogens is 1. The average Bonchev–Trinajstić information content (AvgIpc) is 3.10. The van der Waals surface area contributed by atoms with Gasteiger partial charge in [0, 0.05) is 32.5 Å². The number of ketones is 1. The smallest absolute Gasteiger partial charge is 0.341 e. The topological polar surface area (TPSA) is 57.5 Å². The van der Waals surface area contributed by atoms with Crippen LogP contribution in [0.3, 0.4) is 0 Å². The highest BCUT2D eigenvalue weighted by Gasteiger charge is 2.42. The van der Waals surface area contributed by atoms with Crippen molar-refractivity contribution in [2.24, 2.45) is 5.92 Å². The number of allylic oxidation sites excluding steroid dienone is 2. The van der Waals surface area contributed by atoms with Crippen molar-refractivity contribution < 1.29 is 23.5 Å². The van der Waals surface area contributed by atoms with Gasteiger partial charge in [-0.3, -0.25) is 4.79 Å². The maximum atomic E-state index is 13.2. The van der Waals surface area contributed by atoms with Crippen molar-refractivity contribution in [1.82, 2.24) is 4.57 Å². The molecule has 2 aromatic rings. The van der Waals surface area contributed by atoms with E-state index in [1.165, 1.54) is 18.2 Å². The molecule has 0 amide bonds. The Labute approximate surface area is 184 Å². The molecule has 1 unspecified atom stereocenters. The van der Waals surface area contributed by atoms with Crippen LogP contribution in [0.25, 0.3) is 0 Å². The number of carbonyl (C=O) groups excluding carboxylic acids is 2. The average molecular weight is 442 g/mol. The maximum absolute atomic E-state index is 13.2. The molecule has 0 fully saturated rings. The number of esters is 1. The van der Waals surface area contributed by atoms with Gasteiger partial charge in [-0.2, -0.15) is 0 Å². The van der Waals surface area contributed by atoms with E-state index in [0.29, 0.717) is 30.7 Å². The van der Waals surface area contributed by atoms with Crippen molar-refractivity contribution in [2.75, 3.05) is 6.26 Å². The monoisotopic (exact) mass is 441 g/mol. The van der Waals surface area contributed by atoms with Gasteiger partial charge in [-0.15, -0.1) is 11.8 Å². The number of thioether (sulfide) groups is 1. The van der Waals surface area contributed by atoms with Crippen LogP contribution in [-0.2, 0) is 32.0 Å². The molecule has 2 heterocycles. The number of rotatable bonds is 6. The first-order valence-corrected chi connectivity index (χ1v) is 11.3. The van der Waals surface area contributed by atoms with Crippen LogP contribution < -0.4 is 0 Å². The summed E-state index contributed by atoms with van der Waals surface area (Å²) in [6.45, 7) is 3.89. The van der Waals surface area contributed by atoms with E-state index in [0.717, 1.165) is 16.3 Å². The van der Waals surface area contributed by atoms with E-state index in [-0.39, 0.29) is 11.6 Å². The summed E-state index contributed by atoms with van der Waals surface area (Å²) in [5, 5.41) is 1.06. The molecule has 0 radical (unpaired) electrons. The predicted molar refractivity (Wildman–Crippen MR) is 116 cm³/mol. The summed E-state index contributed by atoms with van der Waals surface area (Å²) in [6, 6.07) is 10.5. The predicted octanol–water partition coefficient (Wildman–Crippen LogP) is 4.65. The summed E-state index contributed by atoms with van der Waals surface area (Å²) in [5.74, 6) is -2.15. The van der Waals surface area contributed by atoms with Crippen LogP contribution in [0, 0.1) is 11.7 Å². The Morgan fingerprint density at radius 3 is 2.52 bits per heavy atom. The molecule has 31 heavy (non-hydrogen) atoms. The molecule has 7 heteroatoms. The van der Waals surface area contributed by atoms with E-state index < -0.39 is 17.7 Å². The third-order valence-electron chi connectivity index (χ3n) is 5.45. The van der Waals surface area contributed by atoms with Crippen LogP contribution >= 0.6 is 11.8 Å². The highest BCUT2D eigenvalue weighted by Crippen LogP contribution is 2.36. The normalized spacial score (nSPS) is 19.8. The molecule has 0 spiro atoms. The lowest BCUT2D eigenvalue weighted by atomic mass is 9.86. The lowest BCUT2D eigenvalue weighted by Crippen LogP contribution is -2.40. The van der Waals surface area contributed by atoms with Gasteiger partial charge in [-0.1, -0.05) is 12.1 Å². The number of carbonyl (C=O) groups is 2. The van der Waals surface area contributed by atoms with Crippen molar-refractivity contribution in [3.05, 3.63) is 77.0 Å². The van der Waals surface area contributed by atoms with Crippen molar-refractivity contribution in [1.29, 1.82) is 0 Å². The third kappa shape index (κ3) is 4.46. The second-order valence-electron chi connectivity index (χ2n) is 8.07. The molecule has 0 saturated heterocycles. The maximum Gasteiger partial charge on any atom is 0.341 e. The van der Waals surface area contributed by atoms with Crippen LogP contribution in [0.15, 0.2) is 64.9 Å². The summed E-state index contributed by atoms with van der Waals surface area (Å²) >= 11 is 1.62. The van der Waals surface area contributed by atoms with E-state index in [4.69, 9.17) is 9.47 Å². The first-order valence-electron chi connectivity index (χ1n) is 10.1. The Kier molecular flexibility index (Phi) is 5.79. The molecule has 1 aromatic heterocycles. The van der Waals surface area contributed by atoms with Crippen molar-refractivity contribution in [3.8, 4) is 0 Å². The van der Waals surface area contributed by atoms with Crippen LogP contribution in [0.1, 0.15) is 31.5 Å². The van der Waals surface area contributed by atoms with Crippen LogP contribution in [0.4, 0.5) is 4.39 Å². The minimum absolute atomic E-state index is 0.128. The van der Waals surface area contributed by atoms with E-state index in [9.17, 15) is 14.0 Å². The Morgan fingerprint density at radius 1 is 1.06 bits per heavy atom. The zero-order valence-electron chi connectivity index (χ0n) is 17.7. The SMILES string of the molecule is CSc1ccc(Cc2ccc(F)cc2)n1CCC1C(=O)C=CC2=C1C(=O)OC(C)(C)O2. The van der Waals surface area contributed by atoms with E-state index in [1.807, 2.05) is 18.4 Å². The highest BCUT2D eigenvalue weighted by molar-refractivity contribution is 7.98. The molecule has 1 atom stereocenters. The van der Waals surface area contributed by atoms with Crippen molar-refractivity contribution in [3.63, 3.8) is 0 Å². The highest BCUT2D eigenvalue weighted by atomic mass is 32.2. The molecule has 0 bridgehead atoms. The summed E-state index contributed by atoms with van der Waals surface area (Å²) in [7, 11) is 0. The number of hydrogen-bond acceptors (Lipinski definition) is 5. The van der Waals surface area contributed by atoms with Gasteiger partial charge in [-0.05, 0) is 54.7 Å². The van der Waals surface area contributed by atoms with Gasteiger partial charge in [0.15, 0.2) is 5.78 Å². The first kappa shape index (κ1) is 21.4. The largest absolute Gasteiger partial charge is 0.452 e. The lowest BCUT2D eigenvalue weighted by Gasteiger charge is -2.35. The number of hydrogen-bond donors (Lipinski definition) is 0. The molecule has 1 aliphatic heterocycles. The van der Waals surface area contributed by atoms with Gasteiger partial charge in [0.2, 0.25) is 5.79 Å². The van der Waals surface area contributed by atoms with Crippen molar-refractivity contribution in [2.45, 2.75) is 44.0 Å². The Morgan fingerprint density at radius 2 is 1.81 bits per heavy atom. The van der Waals surface area contributed by atoms with Gasteiger partial charge >= 0.3 is 5.97 Å². The lowest BCUT2D eigenvalue weighted by molar-refractivity contribution is -0.207. The molecular weight excluding hydrogens is 417 g/mol. The fourth-order valence-corrected chi connectivity index (χ4v) is 4.64. The first-order chi connectivity index (χ1) is 14.8. The van der Waals surface area contributed by atoms with E-state index in [1.54, 1.807) is 43.8 Å². The quantitative estimate of drug-likeness (QED) is 0.483. The number of ether oxygens (including phenoxy) is 2. The van der Waals surface area contributed by atoms with E-state index in [2.05, 4.69) is 4.57 Å². The summed E-state index contributed by atoms with van der Waals surface area (Å²) in [6.07, 6.45) is 6.12. The number of nitrogens with zero attached hydrogens (tertiary/aromatic N) is 1. The molecule has 4 rings (SSSR count). The Hall–Kier alpha value is -2.80. The van der Waals surface area contributed by atoms with Gasteiger partial charge in [0.25, 0.3) is 0 Å². The molecular formula is C24H24FNO4S. The zero-order chi connectivity index (χ0) is 22.2. The summed E-state index contributed by atoms with van der Waals surface area (Å²) in [5.41, 5.74) is 2.36. The third-order valence-corrected chi connectivity index (χ3v) is 6.23.